The number of carbonyl (C=O) groups is 1. The van der Waals surface area contributed by atoms with E-state index >= 15 is 0 Å². The predicted molar refractivity (Wildman–Crippen MR) is 69.7 cm³/mol. The molecule has 94 valence electrons. The SMILES string of the molecule is O=C(NOCCOc1ccccc1)c1cccs1. The Morgan fingerprint density at radius 3 is 2.67 bits per heavy atom. The summed E-state index contributed by atoms with van der Waals surface area (Å²) in [7, 11) is 0. The minimum atomic E-state index is -0.232. The molecule has 5 heteroatoms. The van der Waals surface area contributed by atoms with Crippen LogP contribution >= 0.6 is 11.3 Å². The number of rotatable bonds is 6. The summed E-state index contributed by atoms with van der Waals surface area (Å²) in [5, 5.41) is 1.84. The molecule has 0 radical (unpaired) electrons. The van der Waals surface area contributed by atoms with E-state index in [9.17, 15) is 4.79 Å². The largest absolute Gasteiger partial charge is 0.491 e. The number of benzene rings is 1. The van der Waals surface area contributed by atoms with Crippen LogP contribution in [0.3, 0.4) is 0 Å². The molecule has 0 bridgehead atoms. The van der Waals surface area contributed by atoms with Gasteiger partial charge in [0.1, 0.15) is 19.0 Å². The molecule has 0 aliphatic rings. The van der Waals surface area contributed by atoms with Crippen molar-refractivity contribution < 1.29 is 14.4 Å². The van der Waals surface area contributed by atoms with E-state index in [0.717, 1.165) is 5.75 Å². The zero-order valence-electron chi connectivity index (χ0n) is 9.67. The molecule has 0 aliphatic carbocycles. The third-order valence-corrected chi connectivity index (χ3v) is 2.98. The molecule has 0 spiro atoms. The molecular weight excluding hydrogens is 250 g/mol. The first-order valence-electron chi connectivity index (χ1n) is 5.50. The van der Waals surface area contributed by atoms with Gasteiger partial charge in [-0.2, -0.15) is 0 Å². The Morgan fingerprint density at radius 1 is 1.11 bits per heavy atom. The normalized spacial score (nSPS) is 10.0. The van der Waals surface area contributed by atoms with Crippen LogP contribution in [-0.4, -0.2) is 19.1 Å². The molecule has 0 saturated carbocycles. The highest BCUT2D eigenvalue weighted by Crippen LogP contribution is 2.08. The van der Waals surface area contributed by atoms with Gasteiger partial charge in [-0.25, -0.2) is 5.48 Å². The topological polar surface area (TPSA) is 47.6 Å². The van der Waals surface area contributed by atoms with Gasteiger partial charge in [0.2, 0.25) is 0 Å². The van der Waals surface area contributed by atoms with Crippen molar-refractivity contribution in [1.29, 1.82) is 0 Å². The van der Waals surface area contributed by atoms with E-state index < -0.39 is 0 Å². The molecule has 4 nitrogen and oxygen atoms in total. The number of ether oxygens (including phenoxy) is 1. The first-order chi connectivity index (χ1) is 8.86. The lowest BCUT2D eigenvalue weighted by molar-refractivity contribution is 0.0203. The third-order valence-electron chi connectivity index (χ3n) is 2.11. The van der Waals surface area contributed by atoms with Crippen LogP contribution in [0.15, 0.2) is 47.8 Å². The van der Waals surface area contributed by atoms with E-state index in [1.54, 1.807) is 6.07 Å². The van der Waals surface area contributed by atoms with Crippen molar-refractivity contribution in [3.05, 3.63) is 52.7 Å². The maximum Gasteiger partial charge on any atom is 0.284 e. The minimum absolute atomic E-state index is 0.232. The molecule has 0 fully saturated rings. The van der Waals surface area contributed by atoms with E-state index in [1.165, 1.54) is 11.3 Å². The van der Waals surface area contributed by atoms with Gasteiger partial charge in [-0.05, 0) is 23.6 Å². The summed E-state index contributed by atoms with van der Waals surface area (Å²) >= 11 is 1.37. The fourth-order valence-corrected chi connectivity index (χ4v) is 1.90. The van der Waals surface area contributed by atoms with Gasteiger partial charge in [-0.15, -0.1) is 11.3 Å². The summed E-state index contributed by atoms with van der Waals surface area (Å²) in [5.74, 6) is 0.551. The second-order valence-corrected chi connectivity index (χ2v) is 4.37. The van der Waals surface area contributed by atoms with Gasteiger partial charge < -0.3 is 4.74 Å². The van der Waals surface area contributed by atoms with Crippen molar-refractivity contribution in [2.45, 2.75) is 0 Å². The lowest BCUT2D eigenvalue weighted by atomic mass is 10.3. The fourth-order valence-electron chi connectivity index (χ4n) is 1.29. The maximum atomic E-state index is 11.5. The number of hydrogen-bond donors (Lipinski definition) is 1. The molecule has 18 heavy (non-hydrogen) atoms. The summed E-state index contributed by atoms with van der Waals surface area (Å²) in [6.45, 7) is 0.681. The number of carbonyl (C=O) groups excluding carboxylic acids is 1. The Bertz CT molecular complexity index is 470. The number of para-hydroxylation sites is 1. The minimum Gasteiger partial charge on any atom is -0.491 e. The molecular formula is C13H13NO3S. The first kappa shape index (κ1) is 12.6. The Morgan fingerprint density at radius 2 is 1.94 bits per heavy atom. The summed E-state index contributed by atoms with van der Waals surface area (Å²) in [6, 6.07) is 13.0. The van der Waals surface area contributed by atoms with Gasteiger partial charge in [0.25, 0.3) is 5.91 Å². The van der Waals surface area contributed by atoms with E-state index in [2.05, 4.69) is 5.48 Å². The molecule has 2 aromatic rings. The Labute approximate surface area is 109 Å². The van der Waals surface area contributed by atoms with Gasteiger partial charge in [-0.3, -0.25) is 9.63 Å². The van der Waals surface area contributed by atoms with Crippen LogP contribution < -0.4 is 10.2 Å². The quantitative estimate of drug-likeness (QED) is 0.643. The van der Waals surface area contributed by atoms with Crippen molar-refractivity contribution in [2.75, 3.05) is 13.2 Å². The second-order valence-electron chi connectivity index (χ2n) is 3.42. The summed E-state index contributed by atoms with van der Waals surface area (Å²) in [6.07, 6.45) is 0. The lowest BCUT2D eigenvalue weighted by Crippen LogP contribution is -2.25. The van der Waals surface area contributed by atoms with E-state index in [4.69, 9.17) is 9.57 Å². The molecule has 1 aromatic heterocycles. The Kier molecular flexibility index (Phi) is 4.75. The van der Waals surface area contributed by atoms with Crippen LogP contribution in [0.4, 0.5) is 0 Å². The van der Waals surface area contributed by atoms with Crippen LogP contribution in [0.5, 0.6) is 5.75 Å². The Balaban J connectivity index is 1.61. The van der Waals surface area contributed by atoms with Gasteiger partial charge in [0.05, 0.1) is 4.88 Å². The van der Waals surface area contributed by atoms with Gasteiger partial charge >= 0.3 is 0 Å². The van der Waals surface area contributed by atoms with Crippen LogP contribution in [0.1, 0.15) is 9.67 Å². The molecule has 1 heterocycles. The smallest absolute Gasteiger partial charge is 0.284 e. The van der Waals surface area contributed by atoms with Crippen molar-refractivity contribution in [1.82, 2.24) is 5.48 Å². The lowest BCUT2D eigenvalue weighted by Gasteiger charge is -2.06. The average molecular weight is 263 g/mol. The van der Waals surface area contributed by atoms with Gasteiger partial charge in [0.15, 0.2) is 0 Å². The average Bonchev–Trinajstić information content (AvgIpc) is 2.93. The van der Waals surface area contributed by atoms with E-state index in [1.807, 2.05) is 41.8 Å². The zero-order chi connectivity index (χ0) is 12.6. The highest BCUT2D eigenvalue weighted by molar-refractivity contribution is 7.12. The van der Waals surface area contributed by atoms with Crippen LogP contribution in [0, 0.1) is 0 Å². The van der Waals surface area contributed by atoms with Crippen molar-refractivity contribution in [2.24, 2.45) is 0 Å². The predicted octanol–water partition coefficient (Wildman–Crippen LogP) is 2.49. The van der Waals surface area contributed by atoms with Crippen LogP contribution in [0.2, 0.25) is 0 Å². The number of hydroxylamine groups is 1. The second kappa shape index (κ2) is 6.78. The summed E-state index contributed by atoms with van der Waals surface area (Å²) < 4.78 is 5.40. The molecule has 0 saturated heterocycles. The third kappa shape index (κ3) is 3.87. The highest BCUT2D eigenvalue weighted by Gasteiger charge is 2.05. The molecule has 0 atom stereocenters. The number of nitrogens with one attached hydrogen (secondary N) is 1. The van der Waals surface area contributed by atoms with E-state index in [-0.39, 0.29) is 5.91 Å². The first-order valence-corrected chi connectivity index (χ1v) is 6.38. The van der Waals surface area contributed by atoms with E-state index in [0.29, 0.717) is 18.1 Å². The number of amides is 1. The monoisotopic (exact) mass is 263 g/mol. The number of thiophene rings is 1. The van der Waals surface area contributed by atoms with Crippen molar-refractivity contribution >= 4 is 17.2 Å². The van der Waals surface area contributed by atoms with Crippen LogP contribution in [0.25, 0.3) is 0 Å². The molecule has 0 aliphatic heterocycles. The maximum absolute atomic E-state index is 11.5. The van der Waals surface area contributed by atoms with Gasteiger partial charge in [-0.1, -0.05) is 24.3 Å². The van der Waals surface area contributed by atoms with Crippen LogP contribution in [-0.2, 0) is 4.84 Å². The summed E-state index contributed by atoms with van der Waals surface area (Å²) in [5.41, 5.74) is 2.36. The molecule has 2 rings (SSSR count). The molecule has 0 unspecified atom stereocenters. The molecule has 1 aromatic carbocycles. The van der Waals surface area contributed by atoms with Crippen molar-refractivity contribution in [3.63, 3.8) is 0 Å². The standard InChI is InChI=1S/C13H13NO3S/c15-13(12-7-4-10-18-12)14-17-9-8-16-11-5-2-1-3-6-11/h1-7,10H,8-9H2,(H,14,15). The fraction of sp³-hybridized carbons (Fsp3) is 0.154. The highest BCUT2D eigenvalue weighted by atomic mass is 32.1. The van der Waals surface area contributed by atoms with Crippen molar-refractivity contribution in [3.8, 4) is 5.75 Å². The summed E-state index contributed by atoms with van der Waals surface area (Å²) in [4.78, 5) is 17.1. The molecule has 1 N–H and O–H groups in total. The molecule has 1 amide bonds. The zero-order valence-corrected chi connectivity index (χ0v) is 10.5. The number of hydrogen-bond acceptors (Lipinski definition) is 4. The van der Waals surface area contributed by atoms with Gasteiger partial charge in [0, 0.05) is 0 Å². The Hall–Kier alpha value is -1.85.